The Morgan fingerprint density at radius 1 is 1.32 bits per heavy atom. The van der Waals surface area contributed by atoms with Crippen molar-refractivity contribution in [3.8, 4) is 6.07 Å². The number of aromatic carboxylic acids is 1. The van der Waals surface area contributed by atoms with E-state index >= 15 is 0 Å². The lowest BCUT2D eigenvalue weighted by Gasteiger charge is -2.15. The van der Waals surface area contributed by atoms with Gasteiger partial charge in [0.05, 0.1) is 23.9 Å². The maximum atomic E-state index is 12.2. The SMILES string of the molecule is Cc1oc(CN(C)C(=O)CSCc2ccc(C#N)cc2)cc1C(=O)O. The zero-order valence-corrected chi connectivity index (χ0v) is 14.8. The van der Waals surface area contributed by atoms with E-state index in [1.807, 2.05) is 12.1 Å². The Morgan fingerprint density at radius 2 is 2.00 bits per heavy atom. The van der Waals surface area contributed by atoms with E-state index in [4.69, 9.17) is 14.8 Å². The van der Waals surface area contributed by atoms with E-state index in [0.717, 1.165) is 5.56 Å². The van der Waals surface area contributed by atoms with Gasteiger partial charge in [0.15, 0.2) is 0 Å². The molecule has 1 aromatic heterocycles. The zero-order chi connectivity index (χ0) is 18.4. The number of carboxylic acid groups (broad SMARTS) is 1. The highest BCUT2D eigenvalue weighted by Crippen LogP contribution is 2.17. The third kappa shape index (κ3) is 5.13. The highest BCUT2D eigenvalue weighted by Gasteiger charge is 2.16. The van der Waals surface area contributed by atoms with Crippen LogP contribution in [0.25, 0.3) is 0 Å². The minimum absolute atomic E-state index is 0.0652. The first-order valence-electron chi connectivity index (χ1n) is 7.54. The number of carbonyl (C=O) groups excluding carboxylic acids is 1. The predicted octanol–water partition coefficient (Wildman–Crippen LogP) is 3.05. The molecule has 0 aliphatic rings. The normalized spacial score (nSPS) is 10.3. The molecule has 6 nitrogen and oxygen atoms in total. The van der Waals surface area contributed by atoms with Gasteiger partial charge in [-0.05, 0) is 30.7 Å². The molecule has 0 aliphatic carbocycles. The van der Waals surface area contributed by atoms with Crippen LogP contribution in [0, 0.1) is 18.3 Å². The highest BCUT2D eigenvalue weighted by atomic mass is 32.2. The molecule has 2 rings (SSSR count). The molecular formula is C18H18N2O4S. The maximum Gasteiger partial charge on any atom is 0.339 e. The zero-order valence-electron chi connectivity index (χ0n) is 14.0. The van der Waals surface area contributed by atoms with E-state index in [9.17, 15) is 9.59 Å². The summed E-state index contributed by atoms with van der Waals surface area (Å²) in [7, 11) is 1.66. The van der Waals surface area contributed by atoms with E-state index in [1.165, 1.54) is 22.7 Å². The molecule has 1 amide bonds. The Kier molecular flexibility index (Phi) is 6.25. The topological polar surface area (TPSA) is 94.5 Å². The minimum atomic E-state index is -1.04. The van der Waals surface area contributed by atoms with Crippen LogP contribution in [0.5, 0.6) is 0 Å². The van der Waals surface area contributed by atoms with Gasteiger partial charge < -0.3 is 14.4 Å². The molecule has 0 saturated carbocycles. The molecule has 7 heteroatoms. The lowest BCUT2D eigenvalue weighted by Crippen LogP contribution is -2.27. The van der Waals surface area contributed by atoms with Gasteiger partial charge in [0, 0.05) is 12.8 Å². The van der Waals surface area contributed by atoms with Gasteiger partial charge in [-0.25, -0.2) is 4.79 Å². The van der Waals surface area contributed by atoms with Crippen molar-refractivity contribution < 1.29 is 19.1 Å². The van der Waals surface area contributed by atoms with Crippen LogP contribution in [0.2, 0.25) is 0 Å². The summed E-state index contributed by atoms with van der Waals surface area (Å²) in [5.41, 5.74) is 1.78. The summed E-state index contributed by atoms with van der Waals surface area (Å²) in [6.07, 6.45) is 0. The predicted molar refractivity (Wildman–Crippen MR) is 94.2 cm³/mol. The van der Waals surface area contributed by atoms with E-state index in [0.29, 0.717) is 28.6 Å². The molecule has 0 saturated heterocycles. The number of carbonyl (C=O) groups is 2. The van der Waals surface area contributed by atoms with Crippen LogP contribution < -0.4 is 0 Å². The molecule has 0 aliphatic heterocycles. The van der Waals surface area contributed by atoms with Crippen molar-refractivity contribution in [2.75, 3.05) is 12.8 Å². The largest absolute Gasteiger partial charge is 0.478 e. The summed E-state index contributed by atoms with van der Waals surface area (Å²) in [6, 6.07) is 10.8. The average Bonchev–Trinajstić information content (AvgIpc) is 2.96. The van der Waals surface area contributed by atoms with Gasteiger partial charge in [0.25, 0.3) is 0 Å². The van der Waals surface area contributed by atoms with Gasteiger partial charge in [0.2, 0.25) is 5.91 Å². The van der Waals surface area contributed by atoms with Crippen LogP contribution in [0.4, 0.5) is 0 Å². The lowest BCUT2D eigenvalue weighted by atomic mass is 10.2. The van der Waals surface area contributed by atoms with Crippen molar-refractivity contribution in [1.29, 1.82) is 5.26 Å². The summed E-state index contributed by atoms with van der Waals surface area (Å²) in [5, 5.41) is 17.8. The monoisotopic (exact) mass is 358 g/mol. The van der Waals surface area contributed by atoms with Crippen molar-refractivity contribution >= 4 is 23.6 Å². The van der Waals surface area contributed by atoms with Gasteiger partial charge in [-0.2, -0.15) is 5.26 Å². The Labute approximate surface area is 150 Å². The second-order valence-electron chi connectivity index (χ2n) is 5.54. The molecule has 0 radical (unpaired) electrons. The quantitative estimate of drug-likeness (QED) is 0.817. The average molecular weight is 358 g/mol. The molecular weight excluding hydrogens is 340 g/mol. The molecule has 1 N–H and O–H groups in total. The first-order valence-corrected chi connectivity index (χ1v) is 8.69. The number of carboxylic acids is 1. The fourth-order valence-electron chi connectivity index (χ4n) is 2.20. The van der Waals surface area contributed by atoms with E-state index in [-0.39, 0.29) is 18.0 Å². The van der Waals surface area contributed by atoms with E-state index in [1.54, 1.807) is 26.1 Å². The van der Waals surface area contributed by atoms with Crippen molar-refractivity contribution in [1.82, 2.24) is 4.90 Å². The van der Waals surface area contributed by atoms with Gasteiger partial charge in [-0.1, -0.05) is 12.1 Å². The maximum absolute atomic E-state index is 12.2. The molecule has 0 spiro atoms. The summed E-state index contributed by atoms with van der Waals surface area (Å²) < 4.78 is 5.38. The number of nitrogens with zero attached hydrogens (tertiary/aromatic N) is 2. The molecule has 130 valence electrons. The second kappa shape index (κ2) is 8.40. The van der Waals surface area contributed by atoms with Crippen LogP contribution in [0.15, 0.2) is 34.7 Å². The van der Waals surface area contributed by atoms with E-state index in [2.05, 4.69) is 6.07 Å². The van der Waals surface area contributed by atoms with Gasteiger partial charge in [-0.15, -0.1) is 11.8 Å². The number of furan rings is 1. The summed E-state index contributed by atoms with van der Waals surface area (Å²) in [4.78, 5) is 24.7. The fourth-order valence-corrected chi connectivity index (χ4v) is 3.12. The van der Waals surface area contributed by atoms with Crippen molar-refractivity contribution in [2.24, 2.45) is 0 Å². The second-order valence-corrected chi connectivity index (χ2v) is 6.52. The summed E-state index contributed by atoms with van der Waals surface area (Å²) in [5.74, 6) is 0.654. The fraction of sp³-hybridized carbons (Fsp3) is 0.278. The molecule has 25 heavy (non-hydrogen) atoms. The number of hydrogen-bond donors (Lipinski definition) is 1. The van der Waals surface area contributed by atoms with E-state index < -0.39 is 5.97 Å². The highest BCUT2D eigenvalue weighted by molar-refractivity contribution is 7.99. The molecule has 1 aromatic carbocycles. The van der Waals surface area contributed by atoms with Crippen LogP contribution >= 0.6 is 11.8 Å². The molecule has 0 bridgehead atoms. The Hall–Kier alpha value is -2.72. The van der Waals surface area contributed by atoms with Gasteiger partial charge >= 0.3 is 5.97 Å². The number of hydrogen-bond acceptors (Lipinski definition) is 5. The van der Waals surface area contributed by atoms with Gasteiger partial charge in [-0.3, -0.25) is 4.79 Å². The number of benzene rings is 1. The molecule has 0 unspecified atom stereocenters. The number of nitriles is 1. The molecule has 2 aromatic rings. The Morgan fingerprint density at radius 3 is 2.56 bits per heavy atom. The smallest absolute Gasteiger partial charge is 0.339 e. The third-order valence-electron chi connectivity index (χ3n) is 3.60. The molecule has 0 atom stereocenters. The first kappa shape index (κ1) is 18.6. The van der Waals surface area contributed by atoms with Crippen molar-refractivity contribution in [3.63, 3.8) is 0 Å². The Balaban J connectivity index is 1.82. The van der Waals surface area contributed by atoms with Crippen LogP contribution in [-0.4, -0.2) is 34.7 Å². The number of amides is 1. The van der Waals surface area contributed by atoms with Crippen LogP contribution in [0.3, 0.4) is 0 Å². The van der Waals surface area contributed by atoms with Crippen LogP contribution in [-0.2, 0) is 17.1 Å². The van der Waals surface area contributed by atoms with Crippen molar-refractivity contribution in [2.45, 2.75) is 19.2 Å². The van der Waals surface area contributed by atoms with Crippen molar-refractivity contribution in [3.05, 3.63) is 58.5 Å². The van der Waals surface area contributed by atoms with Gasteiger partial charge in [0.1, 0.15) is 17.1 Å². The summed E-state index contributed by atoms with van der Waals surface area (Å²) in [6.45, 7) is 1.81. The third-order valence-corrected chi connectivity index (χ3v) is 4.58. The number of aryl methyl sites for hydroxylation is 1. The molecule has 1 heterocycles. The first-order chi connectivity index (χ1) is 11.9. The van der Waals surface area contributed by atoms with Crippen LogP contribution in [0.1, 0.15) is 33.0 Å². The Bertz CT molecular complexity index is 805. The number of rotatable bonds is 7. The standard InChI is InChI=1S/C18H18N2O4S/c1-12-16(18(22)23)7-15(24-12)9-20(2)17(21)11-25-10-14-5-3-13(8-19)4-6-14/h3-7H,9-11H2,1-2H3,(H,22,23). The number of thioether (sulfide) groups is 1. The molecule has 0 fully saturated rings. The lowest BCUT2D eigenvalue weighted by molar-refractivity contribution is -0.127. The summed E-state index contributed by atoms with van der Waals surface area (Å²) >= 11 is 1.48. The minimum Gasteiger partial charge on any atom is -0.478 e.